The first-order valence-corrected chi connectivity index (χ1v) is 9.18. The molecule has 27 heavy (non-hydrogen) atoms. The van der Waals surface area contributed by atoms with E-state index in [0.29, 0.717) is 18.3 Å². The molecule has 1 aliphatic carbocycles. The van der Waals surface area contributed by atoms with Gasteiger partial charge in [-0.25, -0.2) is 4.98 Å². The number of hydrogen-bond donors (Lipinski definition) is 1. The van der Waals surface area contributed by atoms with Crippen LogP contribution in [0.5, 0.6) is 0 Å². The van der Waals surface area contributed by atoms with Crippen molar-refractivity contribution in [3.05, 3.63) is 59.4 Å². The lowest BCUT2D eigenvalue weighted by atomic mass is 10.1. The van der Waals surface area contributed by atoms with Crippen LogP contribution >= 0.6 is 0 Å². The Hall–Kier alpha value is -3.22. The van der Waals surface area contributed by atoms with E-state index in [9.17, 15) is 0 Å². The van der Waals surface area contributed by atoms with Gasteiger partial charge < -0.3 is 9.84 Å². The van der Waals surface area contributed by atoms with E-state index in [1.54, 1.807) is 0 Å². The number of fused-ring (bicyclic) bond motifs is 1. The fourth-order valence-electron chi connectivity index (χ4n) is 3.12. The van der Waals surface area contributed by atoms with Crippen molar-refractivity contribution in [1.82, 2.24) is 24.7 Å². The molecular weight excluding hydrogens is 340 g/mol. The van der Waals surface area contributed by atoms with E-state index >= 15 is 0 Å². The van der Waals surface area contributed by atoms with Crippen molar-refractivity contribution in [1.29, 1.82) is 0 Å². The molecule has 0 spiro atoms. The molecule has 0 atom stereocenters. The number of aryl methyl sites for hydroxylation is 2. The molecule has 1 aliphatic rings. The predicted octanol–water partition coefficient (Wildman–Crippen LogP) is 3.89. The highest BCUT2D eigenvalue weighted by molar-refractivity contribution is 5.68. The van der Waals surface area contributed by atoms with Gasteiger partial charge in [-0.15, -0.1) is 0 Å². The first kappa shape index (κ1) is 16.0. The molecule has 1 saturated carbocycles. The average molecular weight is 360 g/mol. The summed E-state index contributed by atoms with van der Waals surface area (Å²) in [6, 6.07) is 12.2. The molecule has 0 unspecified atom stereocenters. The van der Waals surface area contributed by atoms with Crippen molar-refractivity contribution in [2.75, 3.05) is 5.32 Å². The average Bonchev–Trinajstić information content (AvgIpc) is 3.37. The molecule has 0 saturated heterocycles. The summed E-state index contributed by atoms with van der Waals surface area (Å²) in [4.78, 5) is 9.31. The molecule has 1 aromatic carbocycles. The van der Waals surface area contributed by atoms with Gasteiger partial charge in [0.2, 0.25) is 5.89 Å². The highest BCUT2D eigenvalue weighted by Gasteiger charge is 2.29. The van der Waals surface area contributed by atoms with E-state index in [0.717, 1.165) is 52.7 Å². The number of nitrogens with zero attached hydrogens (tertiary/aromatic N) is 5. The molecule has 5 rings (SSSR count). The quantitative estimate of drug-likeness (QED) is 0.581. The van der Waals surface area contributed by atoms with Gasteiger partial charge in [0.05, 0.1) is 17.9 Å². The van der Waals surface area contributed by atoms with Gasteiger partial charge in [0.15, 0.2) is 11.5 Å². The van der Waals surface area contributed by atoms with Gasteiger partial charge in [0.1, 0.15) is 5.82 Å². The summed E-state index contributed by atoms with van der Waals surface area (Å²) in [5.74, 6) is 2.72. The van der Waals surface area contributed by atoms with Crippen LogP contribution in [-0.4, -0.2) is 24.7 Å². The lowest BCUT2D eigenvalue weighted by Crippen LogP contribution is -2.08. The van der Waals surface area contributed by atoms with Crippen molar-refractivity contribution < 1.29 is 4.52 Å². The van der Waals surface area contributed by atoms with Crippen molar-refractivity contribution in [3.63, 3.8) is 0 Å². The molecule has 3 aromatic heterocycles. The van der Waals surface area contributed by atoms with Gasteiger partial charge in [0, 0.05) is 23.1 Å². The van der Waals surface area contributed by atoms with Gasteiger partial charge in [-0.05, 0) is 26.7 Å². The molecule has 4 aromatic rings. The zero-order valence-electron chi connectivity index (χ0n) is 15.3. The van der Waals surface area contributed by atoms with Gasteiger partial charge in [-0.2, -0.15) is 14.6 Å². The maximum Gasteiger partial charge on any atom is 0.229 e. The Morgan fingerprint density at radius 3 is 2.74 bits per heavy atom. The molecule has 7 heteroatoms. The zero-order chi connectivity index (χ0) is 18.4. The van der Waals surface area contributed by atoms with Crippen LogP contribution in [0.4, 0.5) is 5.82 Å². The number of hydrogen-bond acceptors (Lipinski definition) is 6. The molecule has 0 bridgehead atoms. The van der Waals surface area contributed by atoms with Crippen molar-refractivity contribution in [2.45, 2.75) is 39.2 Å². The van der Waals surface area contributed by atoms with E-state index in [-0.39, 0.29) is 0 Å². The van der Waals surface area contributed by atoms with Crippen LogP contribution in [0, 0.1) is 13.8 Å². The molecule has 0 radical (unpaired) electrons. The van der Waals surface area contributed by atoms with Gasteiger partial charge >= 0.3 is 0 Å². The standard InChI is InChI=1S/C20H20N6O/c1-12-13(2)24-26-18(21-11-17-23-20(27-25-17)15-8-9-15)10-16(22-19(12)26)14-6-4-3-5-7-14/h3-7,10,15,21H,8-9,11H2,1-2H3. The van der Waals surface area contributed by atoms with Crippen LogP contribution in [-0.2, 0) is 6.54 Å². The fourth-order valence-corrected chi connectivity index (χ4v) is 3.12. The summed E-state index contributed by atoms with van der Waals surface area (Å²) in [6.07, 6.45) is 2.29. The highest BCUT2D eigenvalue weighted by atomic mass is 16.5. The minimum absolute atomic E-state index is 0.458. The van der Waals surface area contributed by atoms with E-state index in [4.69, 9.17) is 9.51 Å². The van der Waals surface area contributed by atoms with E-state index in [1.807, 2.05) is 42.6 Å². The number of benzene rings is 1. The van der Waals surface area contributed by atoms with Gasteiger partial charge in [-0.1, -0.05) is 35.5 Å². The smallest absolute Gasteiger partial charge is 0.229 e. The van der Waals surface area contributed by atoms with Crippen LogP contribution < -0.4 is 5.32 Å². The normalized spacial score (nSPS) is 14.0. The predicted molar refractivity (Wildman–Crippen MR) is 101 cm³/mol. The number of rotatable bonds is 5. The van der Waals surface area contributed by atoms with Crippen LogP contribution in [0.2, 0.25) is 0 Å². The zero-order valence-corrected chi connectivity index (χ0v) is 15.3. The summed E-state index contributed by atoms with van der Waals surface area (Å²) < 4.78 is 7.19. The summed E-state index contributed by atoms with van der Waals surface area (Å²) in [5, 5.41) is 12.1. The molecule has 0 amide bonds. The Labute approximate surface area is 156 Å². The van der Waals surface area contributed by atoms with Crippen LogP contribution in [0.15, 0.2) is 40.9 Å². The Morgan fingerprint density at radius 1 is 1.15 bits per heavy atom. The summed E-state index contributed by atoms with van der Waals surface area (Å²) in [5.41, 5.74) is 4.86. The van der Waals surface area contributed by atoms with Crippen LogP contribution in [0.1, 0.15) is 41.7 Å². The van der Waals surface area contributed by atoms with Crippen molar-refractivity contribution in [2.24, 2.45) is 0 Å². The van der Waals surface area contributed by atoms with Crippen molar-refractivity contribution in [3.8, 4) is 11.3 Å². The molecule has 7 nitrogen and oxygen atoms in total. The second-order valence-corrected chi connectivity index (χ2v) is 7.02. The van der Waals surface area contributed by atoms with E-state index in [1.165, 1.54) is 0 Å². The molecule has 136 valence electrons. The lowest BCUT2D eigenvalue weighted by molar-refractivity contribution is 0.374. The number of aromatic nitrogens is 5. The molecular formula is C20H20N6O. The summed E-state index contributed by atoms with van der Waals surface area (Å²) in [7, 11) is 0. The Balaban J connectivity index is 1.51. The summed E-state index contributed by atoms with van der Waals surface area (Å²) >= 11 is 0. The maximum atomic E-state index is 5.34. The van der Waals surface area contributed by atoms with Crippen LogP contribution in [0.3, 0.4) is 0 Å². The third-order valence-electron chi connectivity index (χ3n) is 4.96. The minimum Gasteiger partial charge on any atom is -0.362 e. The number of nitrogens with one attached hydrogen (secondary N) is 1. The maximum absolute atomic E-state index is 5.34. The number of anilines is 1. The minimum atomic E-state index is 0.458. The third-order valence-corrected chi connectivity index (χ3v) is 4.96. The van der Waals surface area contributed by atoms with Crippen molar-refractivity contribution >= 4 is 11.5 Å². The molecule has 3 heterocycles. The fraction of sp³-hybridized carbons (Fsp3) is 0.300. The first-order valence-electron chi connectivity index (χ1n) is 9.18. The summed E-state index contributed by atoms with van der Waals surface area (Å²) in [6.45, 7) is 4.52. The molecule has 1 fully saturated rings. The Morgan fingerprint density at radius 2 is 1.96 bits per heavy atom. The topological polar surface area (TPSA) is 81.1 Å². The Kier molecular flexibility index (Phi) is 3.67. The van der Waals surface area contributed by atoms with Gasteiger partial charge in [-0.3, -0.25) is 0 Å². The SMILES string of the molecule is Cc1nn2c(NCc3noc(C4CC4)n3)cc(-c3ccccc3)nc2c1C. The van der Waals surface area contributed by atoms with E-state index < -0.39 is 0 Å². The Bertz CT molecular complexity index is 1110. The second-order valence-electron chi connectivity index (χ2n) is 7.02. The molecule has 1 N–H and O–H groups in total. The highest BCUT2D eigenvalue weighted by Crippen LogP contribution is 2.38. The lowest BCUT2D eigenvalue weighted by Gasteiger charge is -2.09. The van der Waals surface area contributed by atoms with Crippen LogP contribution in [0.25, 0.3) is 16.9 Å². The molecule has 0 aliphatic heterocycles. The third kappa shape index (κ3) is 2.95. The first-order chi connectivity index (χ1) is 13.2. The largest absolute Gasteiger partial charge is 0.362 e. The van der Waals surface area contributed by atoms with Gasteiger partial charge in [0.25, 0.3) is 0 Å². The second kappa shape index (κ2) is 6.19. The monoisotopic (exact) mass is 360 g/mol. The van der Waals surface area contributed by atoms with E-state index in [2.05, 4.69) is 32.7 Å².